The standard InChI is InChI=1S/C22H26N2O6S/c1-23(18-6-8-19(28-2)9-7-18)31(26,27)20-5-3-4-17(16-20)21(25)24-12-10-22(11-13-24)29-14-15-30-22/h3-9,16H,10-15H2,1-2H3. The first-order valence-corrected chi connectivity index (χ1v) is 11.6. The number of carbonyl (C=O) groups excluding carboxylic acids is 1. The third-order valence-corrected chi connectivity index (χ3v) is 7.58. The second kappa shape index (κ2) is 8.49. The highest BCUT2D eigenvalue weighted by Gasteiger charge is 2.41. The molecule has 2 aliphatic rings. The second-order valence-electron chi connectivity index (χ2n) is 7.60. The summed E-state index contributed by atoms with van der Waals surface area (Å²) < 4.78 is 44.0. The monoisotopic (exact) mass is 446 g/mol. The molecule has 2 aliphatic heterocycles. The highest BCUT2D eigenvalue weighted by molar-refractivity contribution is 7.92. The SMILES string of the molecule is COc1ccc(N(C)S(=O)(=O)c2cccc(C(=O)N3CCC4(CC3)OCCO4)c2)cc1. The summed E-state index contributed by atoms with van der Waals surface area (Å²) in [5, 5.41) is 0. The molecule has 166 valence electrons. The van der Waals surface area contributed by atoms with Crippen molar-refractivity contribution >= 4 is 21.6 Å². The summed E-state index contributed by atoms with van der Waals surface area (Å²) in [6, 6.07) is 12.9. The van der Waals surface area contributed by atoms with Gasteiger partial charge in [-0.15, -0.1) is 0 Å². The van der Waals surface area contributed by atoms with Crippen molar-refractivity contribution in [3.05, 3.63) is 54.1 Å². The molecule has 0 atom stereocenters. The van der Waals surface area contributed by atoms with Gasteiger partial charge in [-0.3, -0.25) is 9.10 Å². The number of rotatable bonds is 5. The predicted molar refractivity (Wildman–Crippen MR) is 115 cm³/mol. The Balaban J connectivity index is 1.51. The van der Waals surface area contributed by atoms with Crippen LogP contribution in [0, 0.1) is 0 Å². The average molecular weight is 447 g/mol. The molecule has 2 aromatic carbocycles. The predicted octanol–water partition coefficient (Wildman–Crippen LogP) is 2.50. The van der Waals surface area contributed by atoms with E-state index < -0.39 is 15.8 Å². The van der Waals surface area contributed by atoms with Crippen LogP contribution in [0.3, 0.4) is 0 Å². The van der Waals surface area contributed by atoms with Crippen molar-refractivity contribution < 1.29 is 27.4 Å². The van der Waals surface area contributed by atoms with Crippen molar-refractivity contribution in [1.82, 2.24) is 4.90 Å². The number of methoxy groups -OCH3 is 1. The van der Waals surface area contributed by atoms with Crippen molar-refractivity contribution in [1.29, 1.82) is 0 Å². The highest BCUT2D eigenvalue weighted by Crippen LogP contribution is 2.32. The summed E-state index contributed by atoms with van der Waals surface area (Å²) in [6.45, 7) is 2.16. The minimum absolute atomic E-state index is 0.0626. The normalized spacial score (nSPS) is 18.2. The van der Waals surface area contributed by atoms with Crippen LogP contribution in [-0.2, 0) is 19.5 Å². The van der Waals surface area contributed by atoms with E-state index in [2.05, 4.69) is 0 Å². The molecule has 9 heteroatoms. The number of carbonyl (C=O) groups is 1. The van der Waals surface area contributed by atoms with E-state index in [0.717, 1.165) is 0 Å². The molecule has 2 saturated heterocycles. The minimum Gasteiger partial charge on any atom is -0.497 e. The topological polar surface area (TPSA) is 85.4 Å². The van der Waals surface area contributed by atoms with Gasteiger partial charge in [0.15, 0.2) is 5.79 Å². The molecule has 0 saturated carbocycles. The molecule has 1 spiro atoms. The van der Waals surface area contributed by atoms with Crippen LogP contribution in [0.25, 0.3) is 0 Å². The second-order valence-corrected chi connectivity index (χ2v) is 9.57. The van der Waals surface area contributed by atoms with Gasteiger partial charge in [0, 0.05) is 38.5 Å². The maximum Gasteiger partial charge on any atom is 0.264 e. The molecule has 8 nitrogen and oxygen atoms in total. The zero-order valence-electron chi connectivity index (χ0n) is 17.6. The van der Waals surface area contributed by atoms with Gasteiger partial charge in [0.2, 0.25) is 0 Å². The van der Waals surface area contributed by atoms with Crippen LogP contribution >= 0.6 is 0 Å². The molecular weight excluding hydrogens is 420 g/mol. The number of piperidine rings is 1. The van der Waals surface area contributed by atoms with Crippen molar-refractivity contribution in [3.63, 3.8) is 0 Å². The van der Waals surface area contributed by atoms with Gasteiger partial charge in [-0.25, -0.2) is 8.42 Å². The Labute approximate surface area is 182 Å². The summed E-state index contributed by atoms with van der Waals surface area (Å²) in [6.07, 6.45) is 1.22. The lowest BCUT2D eigenvalue weighted by Gasteiger charge is -2.37. The lowest BCUT2D eigenvalue weighted by molar-refractivity contribution is -0.181. The molecule has 0 aliphatic carbocycles. The smallest absolute Gasteiger partial charge is 0.264 e. The fourth-order valence-corrected chi connectivity index (χ4v) is 5.14. The third-order valence-electron chi connectivity index (χ3n) is 5.80. The number of hydrogen-bond acceptors (Lipinski definition) is 6. The molecule has 1 amide bonds. The van der Waals surface area contributed by atoms with Crippen molar-refractivity contribution in [2.75, 3.05) is 44.8 Å². The van der Waals surface area contributed by atoms with Crippen LogP contribution < -0.4 is 9.04 Å². The maximum absolute atomic E-state index is 13.1. The van der Waals surface area contributed by atoms with Crippen molar-refractivity contribution in [2.45, 2.75) is 23.5 Å². The van der Waals surface area contributed by atoms with Gasteiger partial charge < -0.3 is 19.1 Å². The van der Waals surface area contributed by atoms with Crippen LogP contribution in [-0.4, -0.2) is 65.5 Å². The summed E-state index contributed by atoms with van der Waals surface area (Å²) in [5.41, 5.74) is 0.837. The molecule has 31 heavy (non-hydrogen) atoms. The number of ether oxygens (including phenoxy) is 3. The van der Waals surface area contributed by atoms with Gasteiger partial charge >= 0.3 is 0 Å². The number of amides is 1. The molecule has 2 heterocycles. The highest BCUT2D eigenvalue weighted by atomic mass is 32.2. The molecular formula is C22H26N2O6S. The van der Waals surface area contributed by atoms with E-state index >= 15 is 0 Å². The van der Waals surface area contributed by atoms with Crippen LogP contribution in [0.4, 0.5) is 5.69 Å². The summed E-state index contributed by atoms with van der Waals surface area (Å²) in [4.78, 5) is 14.8. The molecule has 2 fully saturated rings. The first-order chi connectivity index (χ1) is 14.8. The zero-order valence-corrected chi connectivity index (χ0v) is 18.4. The molecule has 0 aromatic heterocycles. The van der Waals surface area contributed by atoms with Gasteiger partial charge in [-0.2, -0.15) is 0 Å². The van der Waals surface area contributed by atoms with E-state index in [1.54, 1.807) is 48.4 Å². The Bertz CT molecular complexity index is 1040. The van der Waals surface area contributed by atoms with Crippen LogP contribution in [0.5, 0.6) is 5.75 Å². The number of hydrogen-bond donors (Lipinski definition) is 0. The van der Waals surface area contributed by atoms with Crippen LogP contribution in [0.1, 0.15) is 23.2 Å². The van der Waals surface area contributed by atoms with E-state index in [-0.39, 0.29) is 10.8 Å². The molecule has 2 aromatic rings. The number of sulfonamides is 1. The van der Waals surface area contributed by atoms with Gasteiger partial charge in [0.25, 0.3) is 15.9 Å². The Morgan fingerprint density at radius 2 is 1.71 bits per heavy atom. The Hall–Kier alpha value is -2.62. The van der Waals surface area contributed by atoms with Crippen molar-refractivity contribution in [2.24, 2.45) is 0 Å². The summed E-state index contributed by atoms with van der Waals surface area (Å²) in [5.74, 6) is -0.126. The molecule has 0 unspecified atom stereocenters. The first kappa shape index (κ1) is 21.6. The fraction of sp³-hybridized carbons (Fsp3) is 0.409. The van der Waals surface area contributed by atoms with E-state index in [1.165, 1.54) is 23.5 Å². The van der Waals surface area contributed by atoms with Gasteiger partial charge in [-0.1, -0.05) is 6.07 Å². The van der Waals surface area contributed by atoms with Gasteiger partial charge in [0.05, 0.1) is 30.9 Å². The summed E-state index contributed by atoms with van der Waals surface area (Å²) >= 11 is 0. The third kappa shape index (κ3) is 4.26. The quantitative estimate of drug-likeness (QED) is 0.702. The maximum atomic E-state index is 13.1. The number of likely N-dealkylation sites (tertiary alicyclic amines) is 1. The van der Waals surface area contributed by atoms with Gasteiger partial charge in [-0.05, 0) is 42.5 Å². The van der Waals surface area contributed by atoms with Crippen LogP contribution in [0.2, 0.25) is 0 Å². The van der Waals surface area contributed by atoms with E-state index in [9.17, 15) is 13.2 Å². The van der Waals surface area contributed by atoms with Crippen molar-refractivity contribution in [3.8, 4) is 5.75 Å². The lowest BCUT2D eigenvalue weighted by atomic mass is 10.0. The molecule has 0 bridgehead atoms. The van der Waals surface area contributed by atoms with E-state index in [1.807, 2.05) is 0 Å². The molecule has 0 N–H and O–H groups in total. The number of anilines is 1. The Morgan fingerprint density at radius 1 is 1.06 bits per heavy atom. The largest absolute Gasteiger partial charge is 0.497 e. The van der Waals surface area contributed by atoms with E-state index in [0.29, 0.717) is 56.1 Å². The number of nitrogens with zero attached hydrogens (tertiary/aromatic N) is 2. The Morgan fingerprint density at radius 3 is 2.32 bits per heavy atom. The molecule has 4 rings (SSSR count). The lowest BCUT2D eigenvalue weighted by Crippen LogP contribution is -2.47. The zero-order chi connectivity index (χ0) is 22.1. The van der Waals surface area contributed by atoms with E-state index in [4.69, 9.17) is 14.2 Å². The minimum atomic E-state index is -3.83. The first-order valence-electron chi connectivity index (χ1n) is 10.1. The average Bonchev–Trinajstić information content (AvgIpc) is 3.26. The number of benzene rings is 2. The van der Waals surface area contributed by atoms with Gasteiger partial charge in [0.1, 0.15) is 5.75 Å². The molecule has 0 radical (unpaired) electrons. The fourth-order valence-electron chi connectivity index (χ4n) is 3.90. The summed E-state index contributed by atoms with van der Waals surface area (Å²) in [7, 11) is -0.802. The van der Waals surface area contributed by atoms with Crippen LogP contribution in [0.15, 0.2) is 53.4 Å². The Kier molecular flexibility index (Phi) is 5.92.